The van der Waals surface area contributed by atoms with Gasteiger partial charge in [-0.2, -0.15) is 0 Å². The van der Waals surface area contributed by atoms with Gasteiger partial charge in [0.05, 0.1) is 29.2 Å². The third-order valence-electron chi connectivity index (χ3n) is 3.85. The molecule has 0 aliphatic heterocycles. The van der Waals surface area contributed by atoms with Crippen molar-refractivity contribution in [1.82, 2.24) is 14.5 Å². The maximum atomic E-state index is 6.09. The molecule has 0 aliphatic carbocycles. The van der Waals surface area contributed by atoms with Crippen LogP contribution >= 0.6 is 11.6 Å². The van der Waals surface area contributed by atoms with E-state index in [1.54, 1.807) is 0 Å². The molecular weight excluding hydrogens is 282 g/mol. The third-order valence-corrected chi connectivity index (χ3v) is 4.09. The Kier molecular flexibility index (Phi) is 3.93. The lowest BCUT2D eigenvalue weighted by atomic mass is 10.1. The normalized spacial score (nSPS) is 11.2. The van der Waals surface area contributed by atoms with Crippen LogP contribution in [0.3, 0.4) is 0 Å². The van der Waals surface area contributed by atoms with Crippen molar-refractivity contribution < 1.29 is 0 Å². The van der Waals surface area contributed by atoms with Crippen LogP contribution in [0.25, 0.3) is 11.0 Å². The number of fused-ring (bicyclic) bond motifs is 1. The summed E-state index contributed by atoms with van der Waals surface area (Å²) >= 11 is 6.09. The molecule has 3 rings (SSSR count). The van der Waals surface area contributed by atoms with Crippen LogP contribution in [0.1, 0.15) is 29.6 Å². The summed E-state index contributed by atoms with van der Waals surface area (Å²) in [5.41, 5.74) is 5.69. The zero-order chi connectivity index (χ0) is 14.8. The van der Waals surface area contributed by atoms with E-state index >= 15 is 0 Å². The van der Waals surface area contributed by atoms with E-state index in [1.165, 1.54) is 11.1 Å². The summed E-state index contributed by atoms with van der Waals surface area (Å²) in [4.78, 5) is 9.22. The van der Waals surface area contributed by atoms with Gasteiger partial charge in [0, 0.05) is 6.20 Å². The monoisotopic (exact) mass is 299 g/mol. The summed E-state index contributed by atoms with van der Waals surface area (Å²) in [6.07, 6.45) is 2.82. The van der Waals surface area contributed by atoms with Crippen molar-refractivity contribution in [3.63, 3.8) is 0 Å². The molecule has 0 atom stereocenters. The highest BCUT2D eigenvalue weighted by atomic mass is 35.5. The van der Waals surface area contributed by atoms with Crippen LogP contribution in [-0.2, 0) is 18.8 Å². The van der Waals surface area contributed by atoms with Gasteiger partial charge in [0.25, 0.3) is 0 Å². The number of imidazole rings is 1. The quantitative estimate of drug-likeness (QED) is 0.679. The van der Waals surface area contributed by atoms with E-state index in [2.05, 4.69) is 52.6 Å². The fourth-order valence-corrected chi connectivity index (χ4v) is 2.90. The molecule has 3 aromatic rings. The first kappa shape index (κ1) is 14.1. The molecule has 0 fully saturated rings. The minimum atomic E-state index is 0.405. The fourth-order valence-electron chi connectivity index (χ4n) is 2.70. The van der Waals surface area contributed by atoms with Crippen molar-refractivity contribution in [2.75, 3.05) is 0 Å². The van der Waals surface area contributed by atoms with Crippen LogP contribution in [0.4, 0.5) is 0 Å². The zero-order valence-electron chi connectivity index (χ0n) is 12.3. The second-order valence-electron chi connectivity index (χ2n) is 5.15. The van der Waals surface area contributed by atoms with Crippen LogP contribution in [0.2, 0.25) is 0 Å². The number of halogens is 1. The Balaban J connectivity index is 2.13. The van der Waals surface area contributed by atoms with E-state index in [1.807, 2.05) is 12.3 Å². The fraction of sp³-hybridized carbons (Fsp3) is 0.294. The van der Waals surface area contributed by atoms with Gasteiger partial charge in [0.1, 0.15) is 5.82 Å². The smallest absolute Gasteiger partial charge is 0.125 e. The number of aromatic nitrogens is 3. The Labute approximate surface area is 129 Å². The van der Waals surface area contributed by atoms with Crippen molar-refractivity contribution >= 4 is 22.6 Å². The average molecular weight is 300 g/mol. The molecule has 3 nitrogen and oxygen atoms in total. The highest BCUT2D eigenvalue weighted by molar-refractivity contribution is 6.16. The van der Waals surface area contributed by atoms with Crippen molar-refractivity contribution in [3.8, 4) is 0 Å². The molecule has 1 aromatic carbocycles. The molecule has 4 heteroatoms. The molecule has 21 heavy (non-hydrogen) atoms. The van der Waals surface area contributed by atoms with Crippen molar-refractivity contribution in [2.24, 2.45) is 0 Å². The van der Waals surface area contributed by atoms with Gasteiger partial charge in [-0.25, -0.2) is 4.98 Å². The number of benzene rings is 1. The second kappa shape index (κ2) is 5.86. The van der Waals surface area contributed by atoms with E-state index in [0.29, 0.717) is 12.4 Å². The highest BCUT2D eigenvalue weighted by Gasteiger charge is 2.13. The molecule has 0 N–H and O–H groups in total. The van der Waals surface area contributed by atoms with Gasteiger partial charge in [-0.15, -0.1) is 11.6 Å². The Bertz CT molecular complexity index is 777. The SMILES string of the molecule is CCc1cccnc1Cn1c(CCl)nc2c(C)cccc21. The van der Waals surface area contributed by atoms with Crippen LogP contribution in [-0.4, -0.2) is 14.5 Å². The van der Waals surface area contributed by atoms with Gasteiger partial charge in [-0.1, -0.05) is 25.1 Å². The molecular formula is C17H18ClN3. The van der Waals surface area contributed by atoms with Crippen molar-refractivity contribution in [1.29, 1.82) is 0 Å². The molecule has 0 saturated carbocycles. The van der Waals surface area contributed by atoms with E-state index < -0.39 is 0 Å². The largest absolute Gasteiger partial charge is 0.321 e. The summed E-state index contributed by atoms with van der Waals surface area (Å²) in [5.74, 6) is 1.30. The van der Waals surface area contributed by atoms with E-state index in [9.17, 15) is 0 Å². The molecule has 108 valence electrons. The number of hydrogen-bond acceptors (Lipinski definition) is 2. The first-order chi connectivity index (χ1) is 10.2. The third kappa shape index (κ3) is 2.54. The van der Waals surface area contributed by atoms with Gasteiger partial charge >= 0.3 is 0 Å². The van der Waals surface area contributed by atoms with Gasteiger partial charge in [-0.05, 0) is 36.6 Å². The lowest BCUT2D eigenvalue weighted by Gasteiger charge is -2.10. The maximum absolute atomic E-state index is 6.09. The minimum absolute atomic E-state index is 0.405. The predicted molar refractivity (Wildman–Crippen MR) is 86.7 cm³/mol. The van der Waals surface area contributed by atoms with Crippen molar-refractivity contribution in [2.45, 2.75) is 32.7 Å². The van der Waals surface area contributed by atoms with E-state index in [4.69, 9.17) is 11.6 Å². The number of nitrogens with zero attached hydrogens (tertiary/aromatic N) is 3. The molecule has 0 radical (unpaired) electrons. The van der Waals surface area contributed by atoms with Gasteiger partial charge in [-0.3, -0.25) is 4.98 Å². The molecule has 2 aromatic heterocycles. The van der Waals surface area contributed by atoms with Crippen LogP contribution in [0.15, 0.2) is 36.5 Å². The Morgan fingerprint density at radius 1 is 1.19 bits per heavy atom. The van der Waals surface area contributed by atoms with Gasteiger partial charge < -0.3 is 4.57 Å². The summed E-state index contributed by atoms with van der Waals surface area (Å²) in [6, 6.07) is 10.4. The Hall–Kier alpha value is -1.87. The predicted octanol–water partition coefficient (Wildman–Crippen LogP) is 4.09. The Morgan fingerprint density at radius 3 is 2.81 bits per heavy atom. The zero-order valence-corrected chi connectivity index (χ0v) is 13.1. The molecule has 0 bridgehead atoms. The first-order valence-electron chi connectivity index (χ1n) is 7.18. The second-order valence-corrected chi connectivity index (χ2v) is 5.42. The molecule has 0 unspecified atom stereocenters. The number of pyridine rings is 1. The molecule has 0 amide bonds. The standard InChI is InChI=1S/C17H18ClN3/c1-3-13-7-5-9-19-14(13)11-21-15-8-4-6-12(2)17(15)20-16(21)10-18/h4-9H,3,10-11H2,1-2H3. The summed E-state index contributed by atoms with van der Waals surface area (Å²) < 4.78 is 2.18. The number of aryl methyl sites for hydroxylation is 2. The van der Waals surface area contributed by atoms with E-state index in [-0.39, 0.29) is 0 Å². The topological polar surface area (TPSA) is 30.7 Å². The van der Waals surface area contributed by atoms with Gasteiger partial charge in [0.15, 0.2) is 0 Å². The number of rotatable bonds is 4. The average Bonchev–Trinajstić information content (AvgIpc) is 2.87. The number of hydrogen-bond donors (Lipinski definition) is 0. The lowest BCUT2D eigenvalue weighted by molar-refractivity contribution is 0.747. The Morgan fingerprint density at radius 2 is 2.05 bits per heavy atom. The number of para-hydroxylation sites is 1. The maximum Gasteiger partial charge on any atom is 0.125 e. The molecule has 0 saturated heterocycles. The van der Waals surface area contributed by atoms with Crippen LogP contribution in [0, 0.1) is 6.92 Å². The van der Waals surface area contributed by atoms with Crippen LogP contribution < -0.4 is 0 Å². The summed E-state index contributed by atoms with van der Waals surface area (Å²) in [7, 11) is 0. The molecule has 0 spiro atoms. The summed E-state index contributed by atoms with van der Waals surface area (Å²) in [6.45, 7) is 4.95. The molecule has 2 heterocycles. The van der Waals surface area contributed by atoms with Crippen molar-refractivity contribution in [3.05, 3.63) is 59.2 Å². The lowest BCUT2D eigenvalue weighted by Crippen LogP contribution is -2.07. The first-order valence-corrected chi connectivity index (χ1v) is 7.71. The summed E-state index contributed by atoms with van der Waals surface area (Å²) in [5, 5.41) is 0. The number of alkyl halides is 1. The van der Waals surface area contributed by atoms with E-state index in [0.717, 1.165) is 29.0 Å². The molecule has 0 aliphatic rings. The van der Waals surface area contributed by atoms with Gasteiger partial charge in [0.2, 0.25) is 0 Å². The minimum Gasteiger partial charge on any atom is -0.321 e. The van der Waals surface area contributed by atoms with Crippen LogP contribution in [0.5, 0.6) is 0 Å². The highest BCUT2D eigenvalue weighted by Crippen LogP contribution is 2.22.